The summed E-state index contributed by atoms with van der Waals surface area (Å²) in [6, 6.07) is 5.82. The molecule has 1 aromatic rings. The van der Waals surface area contributed by atoms with Crippen molar-refractivity contribution in [3.8, 4) is 6.07 Å². The topological polar surface area (TPSA) is 66.9 Å². The summed E-state index contributed by atoms with van der Waals surface area (Å²) < 4.78 is 24.7. The maximum Gasteiger partial charge on any atom is 0.123 e. The second-order valence-corrected chi connectivity index (χ2v) is 5.34. The molecule has 0 spiro atoms. The fraction of sp³-hybridized carbons (Fsp3) is 0.364. The van der Waals surface area contributed by atoms with E-state index in [1.165, 1.54) is 18.2 Å². The van der Waals surface area contributed by atoms with Gasteiger partial charge in [0.2, 0.25) is 0 Å². The molecule has 1 aromatic carbocycles. The second-order valence-electron chi connectivity index (χ2n) is 3.48. The number of nitrogens with two attached hydrogens (primary N) is 1. The highest BCUT2D eigenvalue weighted by Crippen LogP contribution is 2.14. The molecule has 3 nitrogen and oxygen atoms in total. The van der Waals surface area contributed by atoms with Crippen LogP contribution < -0.4 is 5.73 Å². The quantitative estimate of drug-likeness (QED) is 0.862. The van der Waals surface area contributed by atoms with E-state index >= 15 is 0 Å². The predicted octanol–water partition coefficient (Wildman–Crippen LogP) is 1.29. The zero-order valence-corrected chi connectivity index (χ0v) is 9.76. The van der Waals surface area contributed by atoms with Gasteiger partial charge in [-0.3, -0.25) is 4.21 Å². The number of nitriles is 1. The average Bonchev–Trinajstić information content (AvgIpc) is 2.28. The molecule has 5 heteroatoms. The molecule has 0 radical (unpaired) electrons. The first-order valence-corrected chi connectivity index (χ1v) is 6.22. The lowest BCUT2D eigenvalue weighted by atomic mass is 10.1. The van der Waals surface area contributed by atoms with Gasteiger partial charge < -0.3 is 5.73 Å². The maximum atomic E-state index is 13.0. The van der Waals surface area contributed by atoms with Crippen molar-refractivity contribution >= 4 is 10.8 Å². The molecular weight excluding hydrogens is 227 g/mol. The molecule has 2 atom stereocenters. The van der Waals surface area contributed by atoms with Crippen LogP contribution >= 0.6 is 0 Å². The summed E-state index contributed by atoms with van der Waals surface area (Å²) in [6.07, 6.45) is 0. The lowest BCUT2D eigenvalue weighted by Gasteiger charge is -2.09. The zero-order valence-electron chi connectivity index (χ0n) is 8.94. The molecule has 0 saturated carbocycles. The molecule has 0 saturated heterocycles. The van der Waals surface area contributed by atoms with E-state index in [9.17, 15) is 8.60 Å². The Morgan fingerprint density at radius 1 is 1.62 bits per heavy atom. The third-order valence-electron chi connectivity index (χ3n) is 2.27. The van der Waals surface area contributed by atoms with Crippen molar-refractivity contribution in [1.82, 2.24) is 0 Å². The van der Waals surface area contributed by atoms with Gasteiger partial charge in [-0.1, -0.05) is 0 Å². The fourth-order valence-electron chi connectivity index (χ4n) is 1.19. The molecule has 0 aliphatic carbocycles. The minimum atomic E-state index is -1.18. The normalized spacial score (nSPS) is 14.1. The lowest BCUT2D eigenvalue weighted by molar-refractivity contribution is 0.626. The van der Waals surface area contributed by atoms with Gasteiger partial charge in [-0.15, -0.1) is 0 Å². The SMILES string of the molecule is CC(CN)S(=O)Cc1cc(F)ccc1C#N. The minimum absolute atomic E-state index is 0.158. The van der Waals surface area contributed by atoms with E-state index in [-0.39, 0.29) is 11.0 Å². The summed E-state index contributed by atoms with van der Waals surface area (Å²) >= 11 is 0. The van der Waals surface area contributed by atoms with Crippen molar-refractivity contribution in [2.75, 3.05) is 6.54 Å². The molecular formula is C11H13FN2OS. The van der Waals surface area contributed by atoms with E-state index in [0.29, 0.717) is 17.7 Å². The molecule has 0 fully saturated rings. The monoisotopic (exact) mass is 240 g/mol. The summed E-state index contributed by atoms with van der Waals surface area (Å²) in [7, 11) is -1.18. The van der Waals surface area contributed by atoms with Gasteiger partial charge in [0.05, 0.1) is 17.4 Å². The first kappa shape index (κ1) is 12.8. The Balaban J connectivity index is 2.92. The minimum Gasteiger partial charge on any atom is -0.329 e. The molecule has 86 valence electrons. The summed E-state index contributed by atoms with van der Waals surface area (Å²) in [4.78, 5) is 0. The third kappa shape index (κ3) is 3.12. The molecule has 0 aromatic heterocycles. The van der Waals surface area contributed by atoms with Crippen LogP contribution in [-0.2, 0) is 16.6 Å². The van der Waals surface area contributed by atoms with Gasteiger partial charge in [-0.25, -0.2) is 4.39 Å². The van der Waals surface area contributed by atoms with Crippen molar-refractivity contribution in [2.45, 2.75) is 17.9 Å². The Labute approximate surface area is 96.5 Å². The summed E-state index contributed by atoms with van der Waals surface area (Å²) in [6.45, 7) is 2.07. The molecule has 0 aliphatic rings. The first-order valence-electron chi connectivity index (χ1n) is 4.84. The van der Waals surface area contributed by atoms with E-state index in [0.717, 1.165) is 0 Å². The van der Waals surface area contributed by atoms with Crippen LogP contribution in [0.1, 0.15) is 18.1 Å². The van der Waals surface area contributed by atoms with Crippen molar-refractivity contribution in [2.24, 2.45) is 5.73 Å². The molecule has 2 N–H and O–H groups in total. The van der Waals surface area contributed by atoms with Crippen LogP contribution in [-0.4, -0.2) is 16.0 Å². The number of halogens is 1. The van der Waals surface area contributed by atoms with Crippen LogP contribution in [0.3, 0.4) is 0 Å². The average molecular weight is 240 g/mol. The first-order chi connectivity index (χ1) is 7.58. The van der Waals surface area contributed by atoms with E-state index in [2.05, 4.69) is 0 Å². The maximum absolute atomic E-state index is 13.0. The Bertz CT molecular complexity index is 442. The Kier molecular flexibility index (Phi) is 4.59. The van der Waals surface area contributed by atoms with Crippen molar-refractivity contribution in [3.05, 3.63) is 35.1 Å². The number of hydrogen-bond acceptors (Lipinski definition) is 3. The largest absolute Gasteiger partial charge is 0.329 e. The van der Waals surface area contributed by atoms with E-state index in [1.807, 2.05) is 6.07 Å². The lowest BCUT2D eigenvalue weighted by Crippen LogP contribution is -2.23. The van der Waals surface area contributed by atoms with Gasteiger partial charge >= 0.3 is 0 Å². The standard InChI is InChI=1S/C11H13FN2OS/c1-8(5-13)16(15)7-10-4-11(12)3-2-9(10)6-14/h2-4,8H,5,7,13H2,1H3. The van der Waals surface area contributed by atoms with E-state index < -0.39 is 16.6 Å². The van der Waals surface area contributed by atoms with Crippen LogP contribution in [0.25, 0.3) is 0 Å². The highest BCUT2D eigenvalue weighted by molar-refractivity contribution is 7.84. The van der Waals surface area contributed by atoms with Gasteiger partial charge in [-0.05, 0) is 30.7 Å². The van der Waals surface area contributed by atoms with Crippen LogP contribution in [0.2, 0.25) is 0 Å². The van der Waals surface area contributed by atoms with Crippen LogP contribution in [0, 0.1) is 17.1 Å². The number of rotatable bonds is 4. The van der Waals surface area contributed by atoms with Crippen LogP contribution in [0.15, 0.2) is 18.2 Å². The molecule has 0 bridgehead atoms. The molecule has 2 unspecified atom stereocenters. The number of nitrogens with zero attached hydrogens (tertiary/aromatic N) is 1. The highest BCUT2D eigenvalue weighted by atomic mass is 32.2. The Morgan fingerprint density at radius 2 is 2.31 bits per heavy atom. The van der Waals surface area contributed by atoms with E-state index in [1.54, 1.807) is 6.92 Å². The summed E-state index contributed by atoms with van der Waals surface area (Å²) in [5, 5.41) is 8.66. The number of benzene rings is 1. The van der Waals surface area contributed by atoms with Gasteiger partial charge in [0.15, 0.2) is 0 Å². The predicted molar refractivity (Wildman–Crippen MR) is 61.5 cm³/mol. The zero-order chi connectivity index (χ0) is 12.1. The van der Waals surface area contributed by atoms with Gasteiger partial charge in [0, 0.05) is 22.6 Å². The number of hydrogen-bond donors (Lipinski definition) is 1. The van der Waals surface area contributed by atoms with Crippen molar-refractivity contribution < 1.29 is 8.60 Å². The second kappa shape index (κ2) is 5.73. The molecule has 0 heterocycles. The van der Waals surface area contributed by atoms with Crippen molar-refractivity contribution in [3.63, 3.8) is 0 Å². The van der Waals surface area contributed by atoms with Gasteiger partial charge in [-0.2, -0.15) is 5.26 Å². The van der Waals surface area contributed by atoms with E-state index in [4.69, 9.17) is 11.0 Å². The molecule has 16 heavy (non-hydrogen) atoms. The third-order valence-corrected chi connectivity index (χ3v) is 3.95. The summed E-state index contributed by atoms with van der Waals surface area (Å²) in [5.41, 5.74) is 6.23. The Morgan fingerprint density at radius 3 is 2.88 bits per heavy atom. The fourth-order valence-corrected chi connectivity index (χ4v) is 2.24. The van der Waals surface area contributed by atoms with Gasteiger partial charge in [0.1, 0.15) is 5.82 Å². The molecule has 0 amide bonds. The van der Waals surface area contributed by atoms with Crippen LogP contribution in [0.5, 0.6) is 0 Å². The Hall–Kier alpha value is -1.25. The molecule has 0 aliphatic heterocycles. The van der Waals surface area contributed by atoms with Crippen molar-refractivity contribution in [1.29, 1.82) is 5.26 Å². The molecule has 1 rings (SSSR count). The van der Waals surface area contributed by atoms with Gasteiger partial charge in [0.25, 0.3) is 0 Å². The smallest absolute Gasteiger partial charge is 0.123 e. The highest BCUT2D eigenvalue weighted by Gasteiger charge is 2.12. The van der Waals surface area contributed by atoms with Crippen LogP contribution in [0.4, 0.5) is 4.39 Å². The summed E-state index contributed by atoms with van der Waals surface area (Å²) in [5.74, 6) is -0.259.